The van der Waals surface area contributed by atoms with Gasteiger partial charge in [-0.3, -0.25) is 0 Å². The van der Waals surface area contributed by atoms with Gasteiger partial charge in [0.05, 0.1) is 11.9 Å². The van der Waals surface area contributed by atoms with E-state index in [9.17, 15) is 0 Å². The lowest BCUT2D eigenvalue weighted by molar-refractivity contribution is 0.752. The Labute approximate surface area is 125 Å². The van der Waals surface area contributed by atoms with Crippen LogP contribution >= 0.6 is 0 Å². The van der Waals surface area contributed by atoms with Crippen molar-refractivity contribution in [2.24, 2.45) is 5.73 Å². The van der Waals surface area contributed by atoms with Crippen molar-refractivity contribution in [3.8, 4) is 0 Å². The van der Waals surface area contributed by atoms with Gasteiger partial charge < -0.3 is 16.0 Å². The Kier molecular flexibility index (Phi) is 4.31. The molecule has 3 rings (SSSR count). The predicted octanol–water partition coefficient (Wildman–Crippen LogP) is 1.67. The molecule has 0 unspecified atom stereocenters. The van der Waals surface area contributed by atoms with E-state index in [1.807, 2.05) is 6.07 Å². The molecule has 1 aliphatic heterocycles. The average molecular weight is 283 g/mol. The minimum absolute atomic E-state index is 0.271. The molecule has 2 aromatic rings. The smallest absolute Gasteiger partial charge is 0.150 e. The fourth-order valence-electron chi connectivity index (χ4n) is 2.62. The normalized spacial score (nSPS) is 18.0. The first-order chi connectivity index (χ1) is 10.3. The van der Waals surface area contributed by atoms with Gasteiger partial charge in [-0.2, -0.15) is 5.10 Å². The fourth-order valence-corrected chi connectivity index (χ4v) is 2.62. The average Bonchev–Trinajstić information content (AvgIpc) is 2.95. The first-order valence-corrected chi connectivity index (χ1v) is 7.42. The number of nitrogens with two attached hydrogens (primary N) is 1. The maximum absolute atomic E-state index is 5.95. The van der Waals surface area contributed by atoms with Gasteiger partial charge in [-0.15, -0.1) is 5.10 Å². The van der Waals surface area contributed by atoms with E-state index in [-0.39, 0.29) is 6.04 Å². The zero-order chi connectivity index (χ0) is 14.5. The van der Waals surface area contributed by atoms with E-state index in [0.29, 0.717) is 0 Å². The Hall–Kier alpha value is -2.14. The monoisotopic (exact) mass is 283 g/mol. The van der Waals surface area contributed by atoms with Crippen LogP contribution in [0.15, 0.2) is 42.6 Å². The SMILES string of the molecule is N[C@@H]1CCN(c2cnnc(NCCc3ccccc3)c2)C1. The first-order valence-electron chi connectivity index (χ1n) is 7.42. The second kappa shape index (κ2) is 6.54. The molecule has 1 atom stereocenters. The summed E-state index contributed by atoms with van der Waals surface area (Å²) in [5.74, 6) is 0.823. The third-order valence-corrected chi connectivity index (χ3v) is 3.79. The number of anilines is 2. The minimum Gasteiger partial charge on any atom is -0.369 e. The molecule has 110 valence electrons. The van der Waals surface area contributed by atoms with E-state index < -0.39 is 0 Å². The van der Waals surface area contributed by atoms with E-state index in [1.54, 1.807) is 6.20 Å². The summed E-state index contributed by atoms with van der Waals surface area (Å²) in [6, 6.07) is 12.7. The highest BCUT2D eigenvalue weighted by Gasteiger charge is 2.19. The molecule has 5 nitrogen and oxygen atoms in total. The molecule has 1 aliphatic rings. The molecule has 1 saturated heterocycles. The molecular weight excluding hydrogens is 262 g/mol. The van der Waals surface area contributed by atoms with Crippen LogP contribution < -0.4 is 16.0 Å². The highest BCUT2D eigenvalue weighted by atomic mass is 15.2. The van der Waals surface area contributed by atoms with Crippen molar-refractivity contribution in [1.82, 2.24) is 10.2 Å². The third kappa shape index (κ3) is 3.70. The molecule has 0 saturated carbocycles. The summed E-state index contributed by atoms with van der Waals surface area (Å²) in [4.78, 5) is 2.27. The highest BCUT2D eigenvalue weighted by Crippen LogP contribution is 2.20. The van der Waals surface area contributed by atoms with Crippen LogP contribution in [0.1, 0.15) is 12.0 Å². The molecule has 0 aliphatic carbocycles. The summed E-state index contributed by atoms with van der Waals surface area (Å²) in [6.45, 7) is 2.74. The number of hydrogen-bond acceptors (Lipinski definition) is 5. The van der Waals surface area contributed by atoms with Gasteiger partial charge in [0.25, 0.3) is 0 Å². The summed E-state index contributed by atoms with van der Waals surface area (Å²) >= 11 is 0. The van der Waals surface area contributed by atoms with Crippen LogP contribution in [-0.2, 0) is 6.42 Å². The van der Waals surface area contributed by atoms with Crippen LogP contribution in [-0.4, -0.2) is 35.9 Å². The van der Waals surface area contributed by atoms with E-state index in [2.05, 4.69) is 50.7 Å². The number of nitrogens with zero attached hydrogens (tertiary/aromatic N) is 3. The van der Waals surface area contributed by atoms with Crippen LogP contribution in [0.25, 0.3) is 0 Å². The summed E-state index contributed by atoms with van der Waals surface area (Å²) in [5, 5.41) is 11.6. The van der Waals surface area contributed by atoms with Crippen molar-refractivity contribution in [2.45, 2.75) is 18.9 Å². The molecule has 1 aromatic carbocycles. The van der Waals surface area contributed by atoms with Gasteiger partial charge in [0, 0.05) is 31.7 Å². The Balaban J connectivity index is 1.56. The van der Waals surface area contributed by atoms with Gasteiger partial charge in [-0.05, 0) is 18.4 Å². The topological polar surface area (TPSA) is 67.1 Å². The molecule has 5 heteroatoms. The highest BCUT2D eigenvalue weighted by molar-refractivity contribution is 5.53. The number of aromatic nitrogens is 2. The lowest BCUT2D eigenvalue weighted by Gasteiger charge is -2.18. The quantitative estimate of drug-likeness (QED) is 0.873. The first kappa shape index (κ1) is 13.8. The van der Waals surface area contributed by atoms with Crippen LogP contribution in [0.4, 0.5) is 11.5 Å². The summed E-state index contributed by atoms with van der Waals surface area (Å²) in [5.41, 5.74) is 8.37. The standard InChI is InChI=1S/C16H21N5/c17-14-7-9-21(12-14)15-10-16(20-19-11-15)18-8-6-13-4-2-1-3-5-13/h1-5,10-11,14H,6-9,12,17H2,(H,18,20)/t14-/m1/s1. The van der Waals surface area contributed by atoms with Crippen molar-refractivity contribution in [2.75, 3.05) is 29.9 Å². The van der Waals surface area contributed by atoms with E-state index in [1.165, 1.54) is 5.56 Å². The number of benzene rings is 1. The van der Waals surface area contributed by atoms with Crippen LogP contribution in [0.5, 0.6) is 0 Å². The van der Waals surface area contributed by atoms with Crippen molar-refractivity contribution in [3.63, 3.8) is 0 Å². The lowest BCUT2D eigenvalue weighted by Crippen LogP contribution is -2.26. The number of rotatable bonds is 5. The minimum atomic E-state index is 0.271. The summed E-state index contributed by atoms with van der Waals surface area (Å²) in [7, 11) is 0. The molecule has 1 fully saturated rings. The van der Waals surface area contributed by atoms with Gasteiger partial charge in [0.15, 0.2) is 5.82 Å². The Morgan fingerprint density at radius 1 is 1.29 bits per heavy atom. The molecule has 3 N–H and O–H groups in total. The maximum atomic E-state index is 5.95. The van der Waals surface area contributed by atoms with Crippen molar-refractivity contribution in [3.05, 3.63) is 48.2 Å². The second-order valence-corrected chi connectivity index (χ2v) is 5.46. The molecule has 0 radical (unpaired) electrons. The Morgan fingerprint density at radius 2 is 2.14 bits per heavy atom. The molecule has 0 amide bonds. The van der Waals surface area contributed by atoms with Crippen LogP contribution in [0, 0.1) is 0 Å². The van der Waals surface area contributed by atoms with Crippen LogP contribution in [0.2, 0.25) is 0 Å². The molecule has 0 bridgehead atoms. The number of nitrogens with one attached hydrogen (secondary N) is 1. The molecule has 0 spiro atoms. The van der Waals surface area contributed by atoms with Gasteiger partial charge in [0.1, 0.15) is 0 Å². The van der Waals surface area contributed by atoms with Gasteiger partial charge in [-0.25, -0.2) is 0 Å². The van der Waals surface area contributed by atoms with Crippen LogP contribution in [0.3, 0.4) is 0 Å². The van der Waals surface area contributed by atoms with Gasteiger partial charge in [0.2, 0.25) is 0 Å². The number of hydrogen-bond donors (Lipinski definition) is 2. The van der Waals surface area contributed by atoms with E-state index >= 15 is 0 Å². The fraction of sp³-hybridized carbons (Fsp3) is 0.375. The van der Waals surface area contributed by atoms with E-state index in [4.69, 9.17) is 5.73 Å². The summed E-state index contributed by atoms with van der Waals surface area (Å²) in [6.07, 6.45) is 3.82. The van der Waals surface area contributed by atoms with Crippen molar-refractivity contribution in [1.29, 1.82) is 0 Å². The predicted molar refractivity (Wildman–Crippen MR) is 85.5 cm³/mol. The molecule has 21 heavy (non-hydrogen) atoms. The van der Waals surface area contributed by atoms with E-state index in [0.717, 1.165) is 44.0 Å². The zero-order valence-electron chi connectivity index (χ0n) is 12.1. The summed E-state index contributed by atoms with van der Waals surface area (Å²) < 4.78 is 0. The van der Waals surface area contributed by atoms with Crippen molar-refractivity contribution < 1.29 is 0 Å². The van der Waals surface area contributed by atoms with Gasteiger partial charge in [-0.1, -0.05) is 30.3 Å². The lowest BCUT2D eigenvalue weighted by atomic mass is 10.1. The van der Waals surface area contributed by atoms with Crippen molar-refractivity contribution >= 4 is 11.5 Å². The third-order valence-electron chi connectivity index (χ3n) is 3.79. The molecular formula is C16H21N5. The molecule has 1 aromatic heterocycles. The Bertz CT molecular complexity index is 572. The Morgan fingerprint density at radius 3 is 2.90 bits per heavy atom. The largest absolute Gasteiger partial charge is 0.369 e. The molecule has 2 heterocycles. The second-order valence-electron chi connectivity index (χ2n) is 5.46. The maximum Gasteiger partial charge on any atom is 0.150 e. The zero-order valence-corrected chi connectivity index (χ0v) is 12.1. The van der Waals surface area contributed by atoms with Gasteiger partial charge >= 0.3 is 0 Å².